The van der Waals surface area contributed by atoms with Crippen molar-refractivity contribution in [3.05, 3.63) is 53.6 Å². The van der Waals surface area contributed by atoms with Gasteiger partial charge in [0.2, 0.25) is 0 Å². The Morgan fingerprint density at radius 3 is 2.53 bits per heavy atom. The molecule has 2 aromatic carbocycles. The Morgan fingerprint density at radius 1 is 1.06 bits per heavy atom. The summed E-state index contributed by atoms with van der Waals surface area (Å²) >= 11 is 0. The molecule has 3 N–H and O–H groups in total. The van der Waals surface area contributed by atoms with Gasteiger partial charge in [-0.25, -0.2) is 0 Å². The van der Waals surface area contributed by atoms with Crippen LogP contribution in [0.2, 0.25) is 0 Å². The number of nitrogens with one attached hydrogen (secondary N) is 1. The molecule has 0 atom stereocenters. The third kappa shape index (κ3) is 2.59. The van der Waals surface area contributed by atoms with Gasteiger partial charge in [0.15, 0.2) is 0 Å². The average molecular weight is 226 g/mol. The lowest BCUT2D eigenvalue weighted by atomic mass is 10.1. The largest absolute Gasteiger partial charge is 0.399 e. The quantitative estimate of drug-likeness (QED) is 0.779. The number of hydrogen-bond donors (Lipinski definition) is 2. The SMILES string of the molecule is CCc1ccccc1Nc1ccc(N)cc1C. The van der Waals surface area contributed by atoms with Crippen LogP contribution in [-0.2, 0) is 6.42 Å². The van der Waals surface area contributed by atoms with Crippen LogP contribution in [0.5, 0.6) is 0 Å². The topological polar surface area (TPSA) is 38.0 Å². The summed E-state index contributed by atoms with van der Waals surface area (Å²) < 4.78 is 0. The van der Waals surface area contributed by atoms with Crippen molar-refractivity contribution in [2.24, 2.45) is 0 Å². The number of nitrogens with two attached hydrogens (primary N) is 1. The van der Waals surface area contributed by atoms with E-state index in [4.69, 9.17) is 5.73 Å². The van der Waals surface area contributed by atoms with Crippen molar-refractivity contribution in [1.29, 1.82) is 0 Å². The molecule has 88 valence electrons. The highest BCUT2D eigenvalue weighted by atomic mass is 14.9. The lowest BCUT2D eigenvalue weighted by Gasteiger charge is -2.13. The van der Waals surface area contributed by atoms with Gasteiger partial charge in [-0.1, -0.05) is 25.1 Å². The van der Waals surface area contributed by atoms with E-state index in [0.717, 1.165) is 23.4 Å². The van der Waals surface area contributed by atoms with Crippen LogP contribution in [0.4, 0.5) is 17.1 Å². The van der Waals surface area contributed by atoms with Crippen LogP contribution in [0.3, 0.4) is 0 Å². The molecule has 2 nitrogen and oxygen atoms in total. The minimum atomic E-state index is 0.803. The predicted molar refractivity (Wildman–Crippen MR) is 74.7 cm³/mol. The maximum atomic E-state index is 5.75. The lowest BCUT2D eigenvalue weighted by molar-refractivity contribution is 1.14. The van der Waals surface area contributed by atoms with Gasteiger partial charge in [-0.3, -0.25) is 0 Å². The fourth-order valence-electron chi connectivity index (χ4n) is 1.92. The highest BCUT2D eigenvalue weighted by Gasteiger charge is 2.02. The summed E-state index contributed by atoms with van der Waals surface area (Å²) in [7, 11) is 0. The zero-order valence-corrected chi connectivity index (χ0v) is 10.3. The molecule has 0 bridgehead atoms. The molecule has 0 radical (unpaired) electrons. The van der Waals surface area contributed by atoms with Crippen molar-refractivity contribution in [3.63, 3.8) is 0 Å². The van der Waals surface area contributed by atoms with E-state index >= 15 is 0 Å². The Hall–Kier alpha value is -1.96. The Balaban J connectivity index is 2.31. The van der Waals surface area contributed by atoms with Gasteiger partial charge in [0.05, 0.1) is 0 Å². The van der Waals surface area contributed by atoms with Gasteiger partial charge in [-0.2, -0.15) is 0 Å². The maximum Gasteiger partial charge on any atom is 0.0416 e. The van der Waals surface area contributed by atoms with Crippen LogP contribution in [0.1, 0.15) is 18.1 Å². The Labute approximate surface area is 102 Å². The molecule has 0 aliphatic rings. The van der Waals surface area contributed by atoms with Gasteiger partial charge < -0.3 is 11.1 Å². The van der Waals surface area contributed by atoms with Crippen LogP contribution < -0.4 is 11.1 Å². The van der Waals surface area contributed by atoms with Crippen LogP contribution in [0, 0.1) is 6.92 Å². The third-order valence-electron chi connectivity index (χ3n) is 2.92. The number of benzene rings is 2. The molecule has 0 aliphatic heterocycles. The molecule has 0 aromatic heterocycles. The molecule has 0 aliphatic carbocycles. The van der Waals surface area contributed by atoms with Crippen molar-refractivity contribution < 1.29 is 0 Å². The lowest BCUT2D eigenvalue weighted by Crippen LogP contribution is -1.97. The molecule has 0 fully saturated rings. The Kier molecular flexibility index (Phi) is 3.33. The minimum Gasteiger partial charge on any atom is -0.399 e. The van der Waals surface area contributed by atoms with Crippen molar-refractivity contribution in [2.45, 2.75) is 20.3 Å². The highest BCUT2D eigenvalue weighted by molar-refractivity contribution is 5.67. The first-order valence-corrected chi connectivity index (χ1v) is 5.91. The van der Waals surface area contributed by atoms with E-state index in [9.17, 15) is 0 Å². The average Bonchev–Trinajstić information content (AvgIpc) is 2.33. The summed E-state index contributed by atoms with van der Waals surface area (Å²) in [4.78, 5) is 0. The van der Waals surface area contributed by atoms with Gasteiger partial charge in [0.1, 0.15) is 0 Å². The minimum absolute atomic E-state index is 0.803. The van der Waals surface area contributed by atoms with Crippen LogP contribution in [-0.4, -0.2) is 0 Å². The fourth-order valence-corrected chi connectivity index (χ4v) is 1.92. The number of para-hydroxylation sites is 1. The second-order valence-corrected chi connectivity index (χ2v) is 4.21. The van der Waals surface area contributed by atoms with Crippen molar-refractivity contribution in [2.75, 3.05) is 11.1 Å². The van der Waals surface area contributed by atoms with E-state index in [1.165, 1.54) is 11.3 Å². The standard InChI is InChI=1S/C15H18N2/c1-3-12-6-4-5-7-15(12)17-14-9-8-13(16)10-11(14)2/h4-10,17H,3,16H2,1-2H3. The van der Waals surface area contributed by atoms with Crippen LogP contribution in [0.25, 0.3) is 0 Å². The highest BCUT2D eigenvalue weighted by Crippen LogP contribution is 2.25. The van der Waals surface area contributed by atoms with Crippen LogP contribution in [0.15, 0.2) is 42.5 Å². The molecule has 0 unspecified atom stereocenters. The summed E-state index contributed by atoms with van der Waals surface area (Å²) in [6.45, 7) is 4.23. The smallest absolute Gasteiger partial charge is 0.0416 e. The van der Waals surface area contributed by atoms with E-state index in [2.05, 4.69) is 37.4 Å². The zero-order valence-electron chi connectivity index (χ0n) is 10.3. The molecule has 17 heavy (non-hydrogen) atoms. The van der Waals surface area contributed by atoms with Gasteiger partial charge in [-0.05, 0) is 48.7 Å². The normalized spacial score (nSPS) is 10.2. The molecule has 0 saturated heterocycles. The molecule has 0 heterocycles. The van der Waals surface area contributed by atoms with E-state index in [-0.39, 0.29) is 0 Å². The molecule has 2 heteroatoms. The number of anilines is 3. The number of aryl methyl sites for hydroxylation is 2. The number of hydrogen-bond acceptors (Lipinski definition) is 2. The van der Waals surface area contributed by atoms with E-state index < -0.39 is 0 Å². The fraction of sp³-hybridized carbons (Fsp3) is 0.200. The van der Waals surface area contributed by atoms with Crippen molar-refractivity contribution >= 4 is 17.1 Å². The molecular weight excluding hydrogens is 208 g/mol. The van der Waals surface area contributed by atoms with Gasteiger partial charge in [-0.15, -0.1) is 0 Å². The molecule has 2 aromatic rings. The molecular formula is C15H18N2. The van der Waals surface area contributed by atoms with Crippen LogP contribution >= 0.6 is 0 Å². The third-order valence-corrected chi connectivity index (χ3v) is 2.92. The Bertz CT molecular complexity index is 518. The Morgan fingerprint density at radius 2 is 1.82 bits per heavy atom. The second kappa shape index (κ2) is 4.91. The molecule has 0 amide bonds. The predicted octanol–water partition coefficient (Wildman–Crippen LogP) is 3.88. The van der Waals surface area contributed by atoms with E-state index in [0.29, 0.717) is 0 Å². The summed E-state index contributed by atoms with van der Waals surface area (Å²) in [5.74, 6) is 0. The zero-order chi connectivity index (χ0) is 12.3. The summed E-state index contributed by atoms with van der Waals surface area (Å²) in [5.41, 5.74) is 11.3. The van der Waals surface area contributed by atoms with Gasteiger partial charge in [0, 0.05) is 17.1 Å². The van der Waals surface area contributed by atoms with Gasteiger partial charge in [0.25, 0.3) is 0 Å². The maximum absolute atomic E-state index is 5.75. The van der Waals surface area contributed by atoms with E-state index in [1.54, 1.807) is 0 Å². The summed E-state index contributed by atoms with van der Waals surface area (Å²) in [6.07, 6.45) is 1.02. The molecule has 0 saturated carbocycles. The molecule has 2 rings (SSSR count). The number of rotatable bonds is 3. The van der Waals surface area contributed by atoms with Gasteiger partial charge >= 0.3 is 0 Å². The summed E-state index contributed by atoms with van der Waals surface area (Å²) in [5, 5.41) is 3.46. The molecule has 0 spiro atoms. The first-order valence-electron chi connectivity index (χ1n) is 5.91. The van der Waals surface area contributed by atoms with E-state index in [1.807, 2.05) is 24.3 Å². The monoisotopic (exact) mass is 226 g/mol. The summed E-state index contributed by atoms with van der Waals surface area (Å²) in [6, 6.07) is 14.3. The van der Waals surface area contributed by atoms with Crippen molar-refractivity contribution in [1.82, 2.24) is 0 Å². The second-order valence-electron chi connectivity index (χ2n) is 4.21. The first-order chi connectivity index (χ1) is 8.20. The van der Waals surface area contributed by atoms with Crippen molar-refractivity contribution in [3.8, 4) is 0 Å². The number of nitrogen functional groups attached to an aromatic ring is 1. The first kappa shape index (κ1) is 11.5.